The van der Waals surface area contributed by atoms with Crippen molar-refractivity contribution in [1.29, 1.82) is 0 Å². The first-order chi connectivity index (χ1) is 10.1. The third kappa shape index (κ3) is 2.57. The molecule has 2 nitrogen and oxygen atoms in total. The molecular weight excluding hydrogens is 271 g/mol. The molecule has 0 fully saturated rings. The standard InChI is InChI=1S/C16H15FN2S/c1-20-16-11-15(12-5-3-2-4-6-12)18-19(16)14-9-7-13(17)8-10-14/h2-11,15,18H,1H3/i15D. The Morgan fingerprint density at radius 2 is 1.85 bits per heavy atom. The Morgan fingerprint density at radius 3 is 2.50 bits per heavy atom. The van der Waals surface area contributed by atoms with E-state index >= 15 is 0 Å². The summed E-state index contributed by atoms with van der Waals surface area (Å²) in [5, 5.41) is 2.74. The van der Waals surface area contributed by atoms with Crippen LogP contribution in [0.25, 0.3) is 0 Å². The summed E-state index contributed by atoms with van der Waals surface area (Å²) in [5.74, 6) is -0.271. The van der Waals surface area contributed by atoms with E-state index in [0.717, 1.165) is 16.3 Å². The minimum absolute atomic E-state index is 0.271. The Kier molecular flexibility index (Phi) is 3.41. The van der Waals surface area contributed by atoms with Crippen LogP contribution in [0.1, 0.15) is 13.0 Å². The van der Waals surface area contributed by atoms with Gasteiger partial charge in [-0.15, -0.1) is 11.8 Å². The number of hydrogen-bond acceptors (Lipinski definition) is 3. The molecule has 0 aliphatic carbocycles. The highest BCUT2D eigenvalue weighted by molar-refractivity contribution is 8.02. The van der Waals surface area contributed by atoms with Gasteiger partial charge < -0.3 is 0 Å². The van der Waals surface area contributed by atoms with Crippen LogP contribution in [0.15, 0.2) is 65.7 Å². The normalized spacial score (nSPS) is 22.6. The van der Waals surface area contributed by atoms with Crippen molar-refractivity contribution in [1.82, 2.24) is 5.43 Å². The van der Waals surface area contributed by atoms with E-state index in [1.54, 1.807) is 23.9 Å². The van der Waals surface area contributed by atoms with Crippen LogP contribution in [0.2, 0.25) is 0 Å². The largest absolute Gasteiger partial charge is 0.270 e. The molecule has 1 N–H and O–H groups in total. The summed E-state index contributed by atoms with van der Waals surface area (Å²) in [6.07, 6.45) is 3.83. The fourth-order valence-electron chi connectivity index (χ4n) is 2.09. The van der Waals surface area contributed by atoms with Gasteiger partial charge in [-0.05, 0) is 42.2 Å². The molecule has 1 aliphatic heterocycles. The van der Waals surface area contributed by atoms with Gasteiger partial charge in [0.05, 0.1) is 18.1 Å². The van der Waals surface area contributed by atoms with Crippen molar-refractivity contribution in [2.75, 3.05) is 11.3 Å². The molecule has 1 atom stereocenters. The van der Waals surface area contributed by atoms with E-state index in [4.69, 9.17) is 1.37 Å². The van der Waals surface area contributed by atoms with Crippen molar-refractivity contribution in [3.05, 3.63) is 77.1 Å². The molecular formula is C16H15FN2S. The molecule has 1 unspecified atom stereocenters. The zero-order valence-corrected chi connectivity index (χ0v) is 11.8. The molecule has 0 radical (unpaired) electrons. The number of halogens is 1. The third-order valence-electron chi connectivity index (χ3n) is 3.10. The van der Waals surface area contributed by atoms with Crippen LogP contribution in [0.4, 0.5) is 10.1 Å². The van der Waals surface area contributed by atoms with E-state index in [-0.39, 0.29) is 5.82 Å². The molecule has 2 aromatic rings. The smallest absolute Gasteiger partial charge is 0.123 e. The van der Waals surface area contributed by atoms with Gasteiger partial charge in [-0.25, -0.2) is 9.82 Å². The molecule has 0 saturated heterocycles. The number of nitrogens with zero attached hydrogens (tertiary/aromatic N) is 1. The number of benzene rings is 2. The Hall–Kier alpha value is -1.78. The van der Waals surface area contributed by atoms with Crippen molar-refractivity contribution in [3.63, 3.8) is 0 Å². The maximum Gasteiger partial charge on any atom is 0.123 e. The maximum absolute atomic E-state index is 13.1. The second-order valence-corrected chi connectivity index (χ2v) is 5.22. The number of thioether (sulfide) groups is 1. The van der Waals surface area contributed by atoms with Crippen LogP contribution in [0.3, 0.4) is 0 Å². The first-order valence-electron chi connectivity index (χ1n) is 6.78. The summed E-state index contributed by atoms with van der Waals surface area (Å²) in [7, 11) is 0. The van der Waals surface area contributed by atoms with Crippen LogP contribution >= 0.6 is 11.8 Å². The molecule has 0 saturated carbocycles. The fraction of sp³-hybridized carbons (Fsp3) is 0.125. The molecule has 2 aromatic carbocycles. The van der Waals surface area contributed by atoms with Crippen molar-refractivity contribution in [2.45, 2.75) is 6.02 Å². The van der Waals surface area contributed by atoms with Gasteiger partial charge in [0.1, 0.15) is 5.82 Å². The lowest BCUT2D eigenvalue weighted by Crippen LogP contribution is -2.32. The van der Waals surface area contributed by atoms with Gasteiger partial charge >= 0.3 is 0 Å². The minimum Gasteiger partial charge on any atom is -0.270 e. The van der Waals surface area contributed by atoms with Crippen molar-refractivity contribution >= 4 is 17.4 Å². The Balaban J connectivity index is 1.96. The molecule has 1 aliphatic rings. The average Bonchev–Trinajstić information content (AvgIpc) is 2.87. The maximum atomic E-state index is 13.1. The highest BCUT2D eigenvalue weighted by Crippen LogP contribution is 2.33. The Morgan fingerprint density at radius 1 is 1.15 bits per heavy atom. The highest BCUT2D eigenvalue weighted by Gasteiger charge is 2.24. The fourth-order valence-corrected chi connectivity index (χ4v) is 2.66. The number of anilines is 1. The SMILES string of the molecule is [2H]C1(c2ccccc2)C=C(SC)N(c2ccc(F)cc2)N1. The molecule has 0 bridgehead atoms. The van der Waals surface area contributed by atoms with Gasteiger partial charge in [-0.3, -0.25) is 5.01 Å². The number of rotatable bonds is 3. The molecule has 3 rings (SSSR count). The summed E-state index contributed by atoms with van der Waals surface area (Å²) in [4.78, 5) is 0. The lowest BCUT2D eigenvalue weighted by Gasteiger charge is -2.23. The number of hydrazine groups is 1. The zero-order chi connectivity index (χ0) is 14.9. The molecule has 0 spiro atoms. The summed E-state index contributed by atoms with van der Waals surface area (Å²) < 4.78 is 21.7. The monoisotopic (exact) mass is 287 g/mol. The second kappa shape index (κ2) is 5.69. The molecule has 0 amide bonds. The lowest BCUT2D eigenvalue weighted by molar-refractivity contribution is 0.626. The lowest BCUT2D eigenvalue weighted by atomic mass is 10.1. The van der Waals surface area contributed by atoms with E-state index in [0.29, 0.717) is 0 Å². The van der Waals surface area contributed by atoms with Crippen molar-refractivity contribution in [2.24, 2.45) is 0 Å². The van der Waals surface area contributed by atoms with Gasteiger partial charge in [0.25, 0.3) is 0 Å². The van der Waals surface area contributed by atoms with Gasteiger partial charge in [0, 0.05) is 0 Å². The Bertz CT molecular complexity index is 660. The summed E-state index contributed by atoms with van der Waals surface area (Å²) >= 11 is 1.55. The van der Waals surface area contributed by atoms with Crippen LogP contribution in [-0.2, 0) is 0 Å². The van der Waals surface area contributed by atoms with Gasteiger partial charge in [-0.2, -0.15) is 0 Å². The van der Waals surface area contributed by atoms with Crippen molar-refractivity contribution < 1.29 is 5.76 Å². The molecule has 1 heterocycles. The van der Waals surface area contributed by atoms with E-state index in [2.05, 4.69) is 5.43 Å². The first kappa shape index (κ1) is 12.0. The van der Waals surface area contributed by atoms with E-state index < -0.39 is 6.02 Å². The van der Waals surface area contributed by atoms with Crippen molar-refractivity contribution in [3.8, 4) is 0 Å². The van der Waals surface area contributed by atoms with E-state index in [9.17, 15) is 4.39 Å². The number of nitrogens with one attached hydrogen (secondary N) is 1. The summed E-state index contributed by atoms with van der Waals surface area (Å²) in [5.41, 5.74) is 4.85. The van der Waals surface area contributed by atoms with Gasteiger partial charge in [-0.1, -0.05) is 30.3 Å². The molecule has 0 aromatic heterocycles. The topological polar surface area (TPSA) is 15.3 Å². The predicted octanol–water partition coefficient (Wildman–Crippen LogP) is 4.10. The number of hydrogen-bond donors (Lipinski definition) is 1. The summed E-state index contributed by atoms with van der Waals surface area (Å²) in [6, 6.07) is 14.8. The van der Waals surface area contributed by atoms with E-state index in [1.165, 1.54) is 12.1 Å². The highest BCUT2D eigenvalue weighted by atomic mass is 32.2. The predicted molar refractivity (Wildman–Crippen MR) is 82.8 cm³/mol. The quantitative estimate of drug-likeness (QED) is 0.915. The third-order valence-corrected chi connectivity index (χ3v) is 3.82. The second-order valence-electron chi connectivity index (χ2n) is 4.39. The van der Waals surface area contributed by atoms with Crippen LogP contribution in [0.5, 0.6) is 0 Å². The van der Waals surface area contributed by atoms with Gasteiger partial charge in [0.2, 0.25) is 0 Å². The zero-order valence-electron chi connectivity index (χ0n) is 12.0. The van der Waals surface area contributed by atoms with Crippen LogP contribution in [-0.4, -0.2) is 6.26 Å². The molecule has 20 heavy (non-hydrogen) atoms. The summed E-state index contributed by atoms with van der Waals surface area (Å²) in [6.45, 7) is 0. The van der Waals surface area contributed by atoms with Gasteiger partial charge in [0.15, 0.2) is 0 Å². The average molecular weight is 287 g/mol. The van der Waals surface area contributed by atoms with E-state index in [1.807, 2.05) is 47.7 Å². The molecule has 102 valence electrons. The minimum atomic E-state index is -1.02. The van der Waals surface area contributed by atoms with Crippen LogP contribution < -0.4 is 10.4 Å². The first-order valence-corrected chi connectivity index (χ1v) is 7.51. The molecule has 4 heteroatoms. The Labute approximate surface area is 123 Å². The van der Waals surface area contributed by atoms with Crippen LogP contribution in [0, 0.1) is 5.82 Å².